The molecule has 11 heteroatoms. The molecule has 0 amide bonds. The van der Waals surface area contributed by atoms with E-state index in [4.69, 9.17) is 13.8 Å². The smallest absolute Gasteiger partial charge is 0.382 e. The molecule has 1 N–H and O–H groups in total. The topological polar surface area (TPSA) is 56.8 Å². The molecular weight excluding hydrogens is 408 g/mol. The van der Waals surface area contributed by atoms with Gasteiger partial charge in [0.05, 0.1) is 6.61 Å². The highest BCUT2D eigenvalue weighted by Gasteiger charge is 2.31. The second-order valence-electron chi connectivity index (χ2n) is 5.25. The Hall–Kier alpha value is -2.45. The van der Waals surface area contributed by atoms with E-state index in [1.807, 2.05) is 0 Å². The van der Waals surface area contributed by atoms with Gasteiger partial charge in [-0.1, -0.05) is 18.2 Å². The van der Waals surface area contributed by atoms with Gasteiger partial charge in [-0.2, -0.15) is 8.78 Å². The quantitative estimate of drug-likeness (QED) is 0.221. The summed E-state index contributed by atoms with van der Waals surface area (Å²) in [7, 11) is -2.55. The fraction of sp³-hybridized carbons (Fsp3) is 0.235. The average Bonchev–Trinajstić information content (AvgIpc) is 2.69. The molecule has 2 rings (SSSR count). The number of carbonyl (C=O) groups excluding carboxylic acids is 1. The minimum Gasteiger partial charge on any atom is -0.465 e. The van der Waals surface area contributed by atoms with Crippen molar-refractivity contribution in [2.45, 2.75) is 19.9 Å². The Balaban J connectivity index is 2.33. The van der Waals surface area contributed by atoms with Gasteiger partial charge in [0.15, 0.2) is 0 Å². The van der Waals surface area contributed by atoms with Gasteiger partial charge in [-0.25, -0.2) is 18.3 Å². The van der Waals surface area contributed by atoms with E-state index in [-0.39, 0.29) is 12.4 Å². The Morgan fingerprint density at radius 1 is 0.964 bits per heavy atom. The van der Waals surface area contributed by atoms with Gasteiger partial charge in [-0.05, 0) is 26.0 Å². The third kappa shape index (κ3) is 5.08. The van der Waals surface area contributed by atoms with E-state index in [9.17, 15) is 26.7 Å². The molecule has 2 atom stereocenters. The van der Waals surface area contributed by atoms with Crippen molar-refractivity contribution in [3.8, 4) is 11.5 Å². The van der Waals surface area contributed by atoms with Gasteiger partial charge in [0, 0.05) is 0 Å². The SMILES string of the molecule is CCOC(=O)[C@H](C)N[P@@](Oc1ccccc1)Oc1c(F)c(F)c(F)c(F)c1F. The van der Waals surface area contributed by atoms with Crippen LogP contribution < -0.4 is 14.1 Å². The number of rotatable bonds is 8. The van der Waals surface area contributed by atoms with Crippen LogP contribution in [-0.2, 0) is 9.53 Å². The summed E-state index contributed by atoms with van der Waals surface area (Å²) in [6.07, 6.45) is 0. The highest BCUT2D eigenvalue weighted by Crippen LogP contribution is 2.41. The van der Waals surface area contributed by atoms with Gasteiger partial charge < -0.3 is 13.8 Å². The molecule has 0 fully saturated rings. The first-order valence-corrected chi connectivity index (χ1v) is 9.09. The van der Waals surface area contributed by atoms with Crippen molar-refractivity contribution in [1.29, 1.82) is 0 Å². The highest BCUT2D eigenvalue weighted by molar-refractivity contribution is 7.45. The number of halogens is 5. The Labute approximate surface area is 158 Å². The zero-order valence-corrected chi connectivity index (χ0v) is 15.5. The molecule has 0 aliphatic heterocycles. The molecule has 0 saturated heterocycles. The summed E-state index contributed by atoms with van der Waals surface area (Å²) in [5.41, 5.74) is 0. The number of ether oxygens (including phenoxy) is 1. The molecule has 0 aliphatic carbocycles. The van der Waals surface area contributed by atoms with E-state index in [1.54, 1.807) is 25.1 Å². The van der Waals surface area contributed by atoms with Crippen molar-refractivity contribution in [1.82, 2.24) is 5.09 Å². The molecule has 0 bridgehead atoms. The van der Waals surface area contributed by atoms with Crippen molar-refractivity contribution in [2.24, 2.45) is 0 Å². The Morgan fingerprint density at radius 2 is 1.50 bits per heavy atom. The Kier molecular flexibility index (Phi) is 7.53. The molecule has 2 aromatic rings. The molecule has 0 heterocycles. The largest absolute Gasteiger partial charge is 0.465 e. The fourth-order valence-electron chi connectivity index (χ4n) is 1.87. The average molecular weight is 423 g/mol. The van der Waals surface area contributed by atoms with E-state index >= 15 is 0 Å². The molecule has 28 heavy (non-hydrogen) atoms. The minimum atomic E-state index is -2.55. The molecule has 0 aromatic heterocycles. The lowest BCUT2D eigenvalue weighted by Crippen LogP contribution is -2.34. The molecule has 2 aromatic carbocycles. The highest BCUT2D eigenvalue weighted by atomic mass is 31.2. The summed E-state index contributed by atoms with van der Waals surface area (Å²) in [4.78, 5) is 11.8. The summed E-state index contributed by atoms with van der Waals surface area (Å²) >= 11 is 0. The lowest BCUT2D eigenvalue weighted by molar-refractivity contribution is -0.144. The third-order valence-electron chi connectivity index (χ3n) is 3.21. The van der Waals surface area contributed by atoms with Crippen LogP contribution in [0.15, 0.2) is 30.3 Å². The third-order valence-corrected chi connectivity index (χ3v) is 4.54. The maximum atomic E-state index is 13.9. The van der Waals surface area contributed by atoms with Crippen LogP contribution in [-0.4, -0.2) is 18.6 Å². The fourth-order valence-corrected chi connectivity index (χ4v) is 3.08. The first-order chi connectivity index (χ1) is 13.3. The van der Waals surface area contributed by atoms with Gasteiger partial charge in [-0.3, -0.25) is 4.79 Å². The van der Waals surface area contributed by atoms with Crippen molar-refractivity contribution >= 4 is 14.5 Å². The maximum absolute atomic E-state index is 13.9. The van der Waals surface area contributed by atoms with Crippen LogP contribution in [0.25, 0.3) is 0 Å². The lowest BCUT2D eigenvalue weighted by Gasteiger charge is -2.22. The number of nitrogens with one attached hydrogen (secondary N) is 1. The van der Waals surface area contributed by atoms with Gasteiger partial charge in [0.1, 0.15) is 11.8 Å². The Bertz CT molecular complexity index is 811. The Morgan fingerprint density at radius 3 is 2.04 bits per heavy atom. The molecule has 5 nitrogen and oxygen atoms in total. The number of carbonyl (C=O) groups is 1. The van der Waals surface area contributed by atoms with Crippen LogP contribution in [0.3, 0.4) is 0 Å². The molecule has 0 radical (unpaired) electrons. The predicted octanol–water partition coefficient (Wildman–Crippen LogP) is 4.61. The minimum absolute atomic E-state index is 0.0703. The molecule has 0 saturated carbocycles. The van der Waals surface area contributed by atoms with Crippen LogP contribution in [0.2, 0.25) is 0 Å². The first kappa shape index (κ1) is 21.8. The zero-order chi connectivity index (χ0) is 20.8. The van der Waals surface area contributed by atoms with E-state index in [2.05, 4.69) is 5.09 Å². The summed E-state index contributed by atoms with van der Waals surface area (Å²) < 4.78 is 82.9. The van der Waals surface area contributed by atoms with Crippen LogP contribution in [0.1, 0.15) is 13.8 Å². The number of para-hydroxylation sites is 1. The normalized spacial score (nSPS) is 13.0. The number of hydrogen-bond donors (Lipinski definition) is 1. The molecular formula is C17H15F5NO4P. The molecule has 0 unspecified atom stereocenters. The van der Waals surface area contributed by atoms with E-state index in [1.165, 1.54) is 19.1 Å². The first-order valence-electron chi connectivity index (χ1n) is 7.91. The molecule has 0 aliphatic rings. The summed E-state index contributed by atoms with van der Waals surface area (Å²) in [5, 5.41) is 2.48. The maximum Gasteiger partial charge on any atom is 0.382 e. The predicted molar refractivity (Wildman–Crippen MR) is 90.1 cm³/mol. The van der Waals surface area contributed by atoms with E-state index < -0.39 is 55.4 Å². The monoisotopic (exact) mass is 423 g/mol. The van der Waals surface area contributed by atoms with E-state index in [0.717, 1.165) is 0 Å². The second-order valence-corrected chi connectivity index (χ2v) is 6.39. The number of benzene rings is 2. The van der Waals surface area contributed by atoms with Crippen molar-refractivity contribution < 1.29 is 40.5 Å². The molecule has 0 spiro atoms. The van der Waals surface area contributed by atoms with Crippen molar-refractivity contribution in [3.05, 3.63) is 59.4 Å². The number of esters is 1. The lowest BCUT2D eigenvalue weighted by atomic mass is 10.3. The second kappa shape index (κ2) is 9.66. The summed E-state index contributed by atoms with van der Waals surface area (Å²) in [5.74, 6) is -13.1. The summed E-state index contributed by atoms with van der Waals surface area (Å²) in [6, 6.07) is 6.69. The number of hydrogen-bond acceptors (Lipinski definition) is 5. The van der Waals surface area contributed by atoms with Gasteiger partial charge in [0.2, 0.25) is 34.8 Å². The van der Waals surface area contributed by atoms with Gasteiger partial charge >= 0.3 is 14.5 Å². The van der Waals surface area contributed by atoms with E-state index in [0.29, 0.717) is 0 Å². The standard InChI is InChI=1S/C17H15F5NO4P/c1-3-25-17(24)9(2)23-28(26-10-7-5-4-6-8-10)27-16-14(21)12(19)11(18)13(20)15(16)22/h4-9,23H,3H2,1-2H3/t9-,28-/m0/s1. The van der Waals surface area contributed by atoms with Crippen molar-refractivity contribution in [2.75, 3.05) is 6.61 Å². The van der Waals surface area contributed by atoms with Crippen molar-refractivity contribution in [3.63, 3.8) is 0 Å². The van der Waals surface area contributed by atoms with Crippen LogP contribution in [0.5, 0.6) is 11.5 Å². The summed E-state index contributed by atoms with van der Waals surface area (Å²) in [6.45, 7) is 2.99. The zero-order valence-electron chi connectivity index (χ0n) is 14.6. The van der Waals surface area contributed by atoms with Crippen LogP contribution in [0, 0.1) is 29.1 Å². The molecule has 152 valence electrons. The van der Waals surface area contributed by atoms with Gasteiger partial charge in [-0.15, -0.1) is 0 Å². The van der Waals surface area contributed by atoms with Crippen LogP contribution >= 0.6 is 8.53 Å². The van der Waals surface area contributed by atoms with Gasteiger partial charge in [0.25, 0.3) is 0 Å². The van der Waals surface area contributed by atoms with Crippen LogP contribution in [0.4, 0.5) is 22.0 Å².